The van der Waals surface area contributed by atoms with E-state index in [4.69, 9.17) is 18.9 Å². The summed E-state index contributed by atoms with van der Waals surface area (Å²) in [5.41, 5.74) is 0.386. The molecule has 26 heavy (non-hydrogen) atoms. The van der Waals surface area contributed by atoms with Gasteiger partial charge in [-0.15, -0.1) is 0 Å². The van der Waals surface area contributed by atoms with Crippen molar-refractivity contribution >= 4 is 12.0 Å². The maximum absolute atomic E-state index is 12.6. The maximum atomic E-state index is 12.6. The van der Waals surface area contributed by atoms with Crippen molar-refractivity contribution in [2.24, 2.45) is 5.92 Å². The number of piperidine rings is 1. The number of benzene rings is 1. The number of methoxy groups -OCH3 is 4. The Balaban J connectivity index is 1.98. The minimum atomic E-state index is -0.303. The predicted octanol–water partition coefficient (Wildman–Crippen LogP) is 1.92. The Morgan fingerprint density at radius 3 is 2.23 bits per heavy atom. The third-order valence-electron chi connectivity index (χ3n) is 4.55. The van der Waals surface area contributed by atoms with Gasteiger partial charge in [-0.05, 0) is 30.9 Å². The van der Waals surface area contributed by atoms with Crippen molar-refractivity contribution in [1.82, 2.24) is 10.2 Å². The molecule has 0 bridgehead atoms. The van der Waals surface area contributed by atoms with Crippen LogP contribution >= 0.6 is 0 Å². The highest BCUT2D eigenvalue weighted by Gasteiger charge is 2.25. The van der Waals surface area contributed by atoms with E-state index in [-0.39, 0.29) is 12.0 Å². The molecule has 144 valence electrons. The minimum Gasteiger partial charge on any atom is -0.493 e. The summed E-state index contributed by atoms with van der Waals surface area (Å²) in [7, 11) is 5.89. The summed E-state index contributed by atoms with van der Waals surface area (Å²) in [6.45, 7) is 1.80. The van der Waals surface area contributed by atoms with Gasteiger partial charge < -0.3 is 29.2 Å². The SMILES string of the molecule is COC(=O)N1CCC(CNC(=O)c2ccc(OC)c(OC)c2OC)CC1. The third-order valence-corrected chi connectivity index (χ3v) is 4.55. The van der Waals surface area contributed by atoms with Crippen molar-refractivity contribution in [3.8, 4) is 17.2 Å². The second-order valence-electron chi connectivity index (χ2n) is 5.99. The number of ether oxygens (including phenoxy) is 4. The van der Waals surface area contributed by atoms with Crippen LogP contribution in [-0.4, -0.2) is 65.0 Å². The first-order valence-corrected chi connectivity index (χ1v) is 8.45. The molecule has 0 radical (unpaired) electrons. The van der Waals surface area contributed by atoms with Crippen molar-refractivity contribution in [3.63, 3.8) is 0 Å². The van der Waals surface area contributed by atoms with Crippen molar-refractivity contribution in [1.29, 1.82) is 0 Å². The molecule has 1 saturated heterocycles. The molecule has 1 aromatic rings. The topological polar surface area (TPSA) is 86.3 Å². The standard InChI is InChI=1S/C18H26N2O6/c1-23-14-6-5-13(15(24-2)16(14)25-3)17(21)19-11-12-7-9-20(10-8-12)18(22)26-4/h5-6,12H,7-11H2,1-4H3,(H,19,21). The van der Waals surface area contributed by atoms with Gasteiger partial charge in [0.15, 0.2) is 11.5 Å². The van der Waals surface area contributed by atoms with Crippen molar-refractivity contribution in [3.05, 3.63) is 17.7 Å². The molecule has 1 N–H and O–H groups in total. The largest absolute Gasteiger partial charge is 0.493 e. The lowest BCUT2D eigenvalue weighted by Crippen LogP contribution is -2.41. The van der Waals surface area contributed by atoms with Crippen LogP contribution in [0.2, 0.25) is 0 Å². The van der Waals surface area contributed by atoms with Crippen LogP contribution in [0.1, 0.15) is 23.2 Å². The summed E-state index contributed by atoms with van der Waals surface area (Å²) in [5, 5.41) is 2.94. The van der Waals surface area contributed by atoms with E-state index in [1.165, 1.54) is 28.4 Å². The molecule has 0 aromatic heterocycles. The van der Waals surface area contributed by atoms with Gasteiger partial charge in [0.2, 0.25) is 5.75 Å². The van der Waals surface area contributed by atoms with E-state index < -0.39 is 0 Å². The summed E-state index contributed by atoms with van der Waals surface area (Å²) < 4.78 is 20.6. The zero-order chi connectivity index (χ0) is 19.1. The van der Waals surface area contributed by atoms with E-state index in [1.54, 1.807) is 17.0 Å². The van der Waals surface area contributed by atoms with Crippen LogP contribution in [0.4, 0.5) is 4.79 Å². The average Bonchev–Trinajstić information content (AvgIpc) is 2.70. The van der Waals surface area contributed by atoms with Crippen LogP contribution in [0.3, 0.4) is 0 Å². The lowest BCUT2D eigenvalue weighted by molar-refractivity contribution is 0.0911. The molecule has 0 saturated carbocycles. The highest BCUT2D eigenvalue weighted by molar-refractivity contribution is 5.98. The summed E-state index contributed by atoms with van der Waals surface area (Å²) in [6, 6.07) is 3.32. The number of rotatable bonds is 6. The molecule has 2 rings (SSSR count). The number of carbonyl (C=O) groups excluding carboxylic acids is 2. The van der Waals surface area contributed by atoms with E-state index in [1.807, 2.05) is 0 Å². The molecular weight excluding hydrogens is 340 g/mol. The van der Waals surface area contributed by atoms with Crippen molar-refractivity contribution in [2.75, 3.05) is 48.1 Å². The zero-order valence-electron chi connectivity index (χ0n) is 15.7. The third kappa shape index (κ3) is 4.30. The van der Waals surface area contributed by atoms with E-state index in [0.717, 1.165) is 12.8 Å². The number of carbonyl (C=O) groups is 2. The van der Waals surface area contributed by atoms with E-state index in [9.17, 15) is 9.59 Å². The molecule has 1 aliphatic heterocycles. The Hall–Kier alpha value is -2.64. The van der Waals surface area contributed by atoms with Crippen LogP contribution < -0.4 is 19.5 Å². The molecule has 0 atom stereocenters. The Morgan fingerprint density at radius 2 is 1.69 bits per heavy atom. The molecule has 1 heterocycles. The van der Waals surface area contributed by atoms with Gasteiger partial charge >= 0.3 is 6.09 Å². The molecule has 8 nitrogen and oxygen atoms in total. The maximum Gasteiger partial charge on any atom is 0.409 e. The van der Waals surface area contributed by atoms with Gasteiger partial charge in [0, 0.05) is 19.6 Å². The molecule has 0 spiro atoms. The highest BCUT2D eigenvalue weighted by Crippen LogP contribution is 2.39. The average molecular weight is 366 g/mol. The minimum absolute atomic E-state index is 0.238. The number of likely N-dealkylation sites (tertiary alicyclic amines) is 1. The molecule has 0 aliphatic carbocycles. The second kappa shape index (κ2) is 9.17. The normalized spacial score (nSPS) is 14.5. The van der Waals surface area contributed by atoms with Crippen molar-refractivity contribution < 1.29 is 28.5 Å². The van der Waals surface area contributed by atoms with Gasteiger partial charge in [-0.25, -0.2) is 4.79 Å². The van der Waals surface area contributed by atoms with Crippen LogP contribution in [0.25, 0.3) is 0 Å². The smallest absolute Gasteiger partial charge is 0.409 e. The molecule has 2 amide bonds. The number of amides is 2. The molecular formula is C18H26N2O6. The Labute approximate surface area is 153 Å². The lowest BCUT2D eigenvalue weighted by Gasteiger charge is -2.31. The van der Waals surface area contributed by atoms with Gasteiger partial charge in [-0.3, -0.25) is 4.79 Å². The van der Waals surface area contributed by atoms with Gasteiger partial charge in [-0.1, -0.05) is 0 Å². The second-order valence-corrected chi connectivity index (χ2v) is 5.99. The Bertz CT molecular complexity index is 641. The zero-order valence-corrected chi connectivity index (χ0v) is 15.7. The van der Waals surface area contributed by atoms with Gasteiger partial charge in [0.05, 0.1) is 34.0 Å². The van der Waals surface area contributed by atoms with Crippen molar-refractivity contribution in [2.45, 2.75) is 12.8 Å². The van der Waals surface area contributed by atoms with Gasteiger partial charge in [-0.2, -0.15) is 0 Å². The summed E-state index contributed by atoms with van der Waals surface area (Å²) in [6.07, 6.45) is 1.33. The number of hydrogen-bond acceptors (Lipinski definition) is 6. The quantitative estimate of drug-likeness (QED) is 0.828. The van der Waals surface area contributed by atoms with Crippen LogP contribution in [-0.2, 0) is 4.74 Å². The molecule has 1 fully saturated rings. The van der Waals surface area contributed by atoms with E-state index in [2.05, 4.69) is 5.32 Å². The molecule has 0 unspecified atom stereocenters. The first-order chi connectivity index (χ1) is 12.5. The van der Waals surface area contributed by atoms with E-state index in [0.29, 0.717) is 48.4 Å². The van der Waals surface area contributed by atoms with Crippen LogP contribution in [0.15, 0.2) is 12.1 Å². The first-order valence-electron chi connectivity index (χ1n) is 8.45. The van der Waals surface area contributed by atoms with Crippen LogP contribution in [0, 0.1) is 5.92 Å². The lowest BCUT2D eigenvalue weighted by atomic mass is 9.97. The number of nitrogens with zero attached hydrogens (tertiary/aromatic N) is 1. The van der Waals surface area contributed by atoms with E-state index >= 15 is 0 Å². The Morgan fingerprint density at radius 1 is 1.04 bits per heavy atom. The number of hydrogen-bond donors (Lipinski definition) is 1. The molecule has 8 heteroatoms. The number of nitrogens with one attached hydrogen (secondary N) is 1. The highest BCUT2D eigenvalue weighted by atomic mass is 16.5. The first kappa shape index (κ1) is 19.7. The summed E-state index contributed by atoms with van der Waals surface area (Å²) in [5.74, 6) is 1.29. The molecule has 1 aromatic carbocycles. The van der Waals surface area contributed by atoms with Gasteiger partial charge in [0.25, 0.3) is 5.91 Å². The Kier molecular flexibility index (Phi) is 6.94. The van der Waals surface area contributed by atoms with Gasteiger partial charge in [0.1, 0.15) is 0 Å². The fourth-order valence-electron chi connectivity index (χ4n) is 3.06. The molecule has 1 aliphatic rings. The van der Waals surface area contributed by atoms with Crippen LogP contribution in [0.5, 0.6) is 17.2 Å². The fraction of sp³-hybridized carbons (Fsp3) is 0.556. The monoisotopic (exact) mass is 366 g/mol. The summed E-state index contributed by atoms with van der Waals surface area (Å²) in [4.78, 5) is 25.8. The summed E-state index contributed by atoms with van der Waals surface area (Å²) >= 11 is 0. The predicted molar refractivity (Wildman–Crippen MR) is 95.1 cm³/mol. The fourth-order valence-corrected chi connectivity index (χ4v) is 3.06.